The van der Waals surface area contributed by atoms with Gasteiger partial charge in [-0.25, -0.2) is 0 Å². The fourth-order valence-corrected chi connectivity index (χ4v) is 5.36. The van der Waals surface area contributed by atoms with Crippen LogP contribution in [0.3, 0.4) is 0 Å². The van der Waals surface area contributed by atoms with Gasteiger partial charge in [-0.05, 0) is 81.4 Å². The second-order valence-corrected chi connectivity index (χ2v) is 16.7. The van der Waals surface area contributed by atoms with E-state index in [1.54, 1.807) is 24.5 Å². The molecule has 0 bridgehead atoms. The van der Waals surface area contributed by atoms with Gasteiger partial charge in [0.1, 0.15) is 11.5 Å². The van der Waals surface area contributed by atoms with E-state index in [0.29, 0.717) is 22.9 Å². The molecule has 0 N–H and O–H groups in total. The normalized spacial score (nSPS) is 16.5. The van der Waals surface area contributed by atoms with Crippen LogP contribution < -0.4 is 4.74 Å². The SMILES string of the molecule is CC(C)(C)C1=CC(=CN=Nc2cccc(Oc3cccc(N=NC=C4C=C(C(C)(C)C)C(=O)C(C(C)(C)C)=C4)c3)c2)C=C(C(C)(C)C)C1=O. The minimum atomic E-state index is -0.294. The first-order valence-corrected chi connectivity index (χ1v) is 16.7. The topological polar surface area (TPSA) is 92.8 Å². The van der Waals surface area contributed by atoms with Gasteiger partial charge in [-0.2, -0.15) is 20.5 Å². The van der Waals surface area contributed by atoms with E-state index >= 15 is 0 Å². The number of Topliss-reactive ketones (excluding diaryl/α,β-unsaturated/α-hetero) is 2. The molecule has 0 aliphatic heterocycles. The van der Waals surface area contributed by atoms with Crippen LogP contribution in [0.25, 0.3) is 0 Å². The highest BCUT2D eigenvalue weighted by atomic mass is 16.5. The second-order valence-electron chi connectivity index (χ2n) is 16.7. The average Bonchev–Trinajstić information content (AvgIpc) is 2.96. The number of nitrogens with zero attached hydrogens (tertiary/aromatic N) is 4. The molecule has 4 rings (SSSR count). The van der Waals surface area contributed by atoms with Gasteiger partial charge in [0, 0.05) is 34.4 Å². The average molecular weight is 659 g/mol. The zero-order valence-corrected chi connectivity index (χ0v) is 31.1. The van der Waals surface area contributed by atoms with E-state index in [0.717, 1.165) is 33.4 Å². The molecule has 0 atom stereocenters. The van der Waals surface area contributed by atoms with E-state index in [1.807, 2.05) is 144 Å². The van der Waals surface area contributed by atoms with Crippen LogP contribution in [0.4, 0.5) is 11.4 Å². The molecule has 0 saturated carbocycles. The third-order valence-electron chi connectivity index (χ3n) is 8.09. The first-order valence-electron chi connectivity index (χ1n) is 16.7. The van der Waals surface area contributed by atoms with Crippen molar-refractivity contribution in [1.82, 2.24) is 0 Å². The van der Waals surface area contributed by atoms with Crippen molar-refractivity contribution in [2.75, 3.05) is 0 Å². The van der Waals surface area contributed by atoms with Crippen LogP contribution in [0.2, 0.25) is 0 Å². The quantitative estimate of drug-likeness (QED) is 0.289. The molecular formula is C42H50N4O3. The van der Waals surface area contributed by atoms with Crippen LogP contribution in [0.1, 0.15) is 83.1 Å². The van der Waals surface area contributed by atoms with E-state index in [2.05, 4.69) is 20.5 Å². The Morgan fingerprint density at radius 2 is 0.796 bits per heavy atom. The van der Waals surface area contributed by atoms with Crippen molar-refractivity contribution in [2.45, 2.75) is 83.1 Å². The van der Waals surface area contributed by atoms with Gasteiger partial charge >= 0.3 is 0 Å². The smallest absolute Gasteiger partial charge is 0.186 e. The number of ether oxygens (including phenoxy) is 1. The largest absolute Gasteiger partial charge is 0.457 e. The molecule has 49 heavy (non-hydrogen) atoms. The van der Waals surface area contributed by atoms with Gasteiger partial charge in [-0.1, -0.05) is 95.2 Å². The lowest BCUT2D eigenvalue weighted by atomic mass is 9.72. The monoisotopic (exact) mass is 658 g/mol. The molecule has 0 unspecified atom stereocenters. The summed E-state index contributed by atoms with van der Waals surface area (Å²) >= 11 is 0. The van der Waals surface area contributed by atoms with E-state index in [1.165, 1.54) is 0 Å². The number of hydrogen-bond donors (Lipinski definition) is 0. The number of carbonyl (C=O) groups is 2. The molecule has 7 nitrogen and oxygen atoms in total. The molecule has 0 saturated heterocycles. The third-order valence-corrected chi connectivity index (χ3v) is 8.09. The molecule has 2 aliphatic carbocycles. The summed E-state index contributed by atoms with van der Waals surface area (Å²) in [7, 11) is 0. The minimum absolute atomic E-state index is 0.0853. The number of ketones is 2. The summed E-state index contributed by atoms with van der Waals surface area (Å²) < 4.78 is 6.13. The van der Waals surface area contributed by atoms with Crippen LogP contribution in [0.5, 0.6) is 11.5 Å². The maximum absolute atomic E-state index is 13.2. The Morgan fingerprint density at radius 3 is 1.08 bits per heavy atom. The van der Waals surface area contributed by atoms with Gasteiger partial charge < -0.3 is 4.74 Å². The first kappa shape index (κ1) is 37.0. The van der Waals surface area contributed by atoms with Crippen molar-refractivity contribution < 1.29 is 14.3 Å². The highest BCUT2D eigenvalue weighted by molar-refractivity contribution is 6.12. The highest BCUT2D eigenvalue weighted by Crippen LogP contribution is 2.40. The molecule has 7 heteroatoms. The number of hydrogen-bond acceptors (Lipinski definition) is 7. The Morgan fingerprint density at radius 1 is 0.490 bits per heavy atom. The number of azo groups is 2. The van der Waals surface area contributed by atoms with Crippen LogP contribution in [-0.2, 0) is 9.59 Å². The summed E-state index contributed by atoms with van der Waals surface area (Å²) in [6.07, 6.45) is 11.0. The lowest BCUT2D eigenvalue weighted by molar-refractivity contribution is -0.114. The van der Waals surface area contributed by atoms with Crippen molar-refractivity contribution in [3.8, 4) is 11.5 Å². The lowest BCUT2D eigenvalue weighted by Crippen LogP contribution is -2.27. The molecule has 2 aliphatic rings. The summed E-state index contributed by atoms with van der Waals surface area (Å²) in [6, 6.07) is 14.7. The van der Waals surface area contributed by atoms with Gasteiger partial charge in [0.2, 0.25) is 0 Å². The molecule has 0 fully saturated rings. The molecule has 0 spiro atoms. The predicted molar refractivity (Wildman–Crippen MR) is 198 cm³/mol. The zero-order valence-electron chi connectivity index (χ0n) is 31.1. The van der Waals surface area contributed by atoms with Crippen molar-refractivity contribution in [3.63, 3.8) is 0 Å². The molecule has 0 radical (unpaired) electrons. The van der Waals surface area contributed by atoms with E-state index in [-0.39, 0.29) is 33.2 Å². The van der Waals surface area contributed by atoms with Crippen LogP contribution in [-0.4, -0.2) is 11.6 Å². The number of allylic oxidation sites excluding steroid dienone is 10. The van der Waals surface area contributed by atoms with Gasteiger partial charge in [-0.15, -0.1) is 0 Å². The maximum Gasteiger partial charge on any atom is 0.186 e. The molecular weight excluding hydrogens is 608 g/mol. The molecule has 2 aromatic rings. The van der Waals surface area contributed by atoms with Crippen LogP contribution in [0.15, 0.2) is 139 Å². The Hall–Kier alpha value is -4.78. The van der Waals surface area contributed by atoms with Crippen molar-refractivity contribution in [3.05, 3.63) is 119 Å². The molecule has 256 valence electrons. The number of carbonyl (C=O) groups excluding carboxylic acids is 2. The Labute approximate surface area is 292 Å². The van der Waals surface area contributed by atoms with Gasteiger partial charge in [0.15, 0.2) is 11.6 Å². The highest BCUT2D eigenvalue weighted by Gasteiger charge is 2.35. The van der Waals surface area contributed by atoms with Gasteiger partial charge in [0.05, 0.1) is 23.8 Å². The van der Waals surface area contributed by atoms with Crippen molar-refractivity contribution >= 4 is 22.9 Å². The second kappa shape index (κ2) is 14.0. The Bertz CT molecular complexity index is 1670. The number of rotatable bonds is 6. The Balaban J connectivity index is 1.52. The summed E-state index contributed by atoms with van der Waals surface area (Å²) in [5.74, 6) is 1.36. The third kappa shape index (κ3) is 9.65. The first-order chi connectivity index (χ1) is 22.6. The molecule has 0 heterocycles. The van der Waals surface area contributed by atoms with E-state index < -0.39 is 0 Å². The fourth-order valence-electron chi connectivity index (χ4n) is 5.36. The standard InChI is InChI=1S/C42H50N4O3/c1-39(2,3)33-19-27(20-34(37(33)47)40(4,5)6)25-43-45-29-15-13-17-31(23-29)49-32-18-14-16-30(24-32)46-44-26-28-21-35(41(7,8)9)38(48)36(22-28)42(10,11)12/h13-26H,1-12H3. The fraction of sp³-hybridized carbons (Fsp3) is 0.381. The summed E-state index contributed by atoms with van der Waals surface area (Å²) in [5, 5.41) is 17.5. The van der Waals surface area contributed by atoms with Crippen LogP contribution in [0, 0.1) is 21.7 Å². The summed E-state index contributed by atoms with van der Waals surface area (Å²) in [5.41, 5.74) is 4.79. The predicted octanol–water partition coefficient (Wildman–Crippen LogP) is 12.5. The molecule has 2 aromatic carbocycles. The van der Waals surface area contributed by atoms with E-state index in [9.17, 15) is 9.59 Å². The molecule has 0 amide bonds. The van der Waals surface area contributed by atoms with Crippen molar-refractivity contribution in [1.29, 1.82) is 0 Å². The Kier molecular flexibility index (Phi) is 10.6. The zero-order chi connectivity index (χ0) is 36.4. The lowest BCUT2D eigenvalue weighted by Gasteiger charge is -2.31. The van der Waals surface area contributed by atoms with E-state index in [4.69, 9.17) is 4.74 Å². The summed E-state index contributed by atoms with van der Waals surface area (Å²) in [4.78, 5) is 26.4. The maximum atomic E-state index is 13.2. The number of benzene rings is 2. The van der Waals surface area contributed by atoms with Gasteiger partial charge in [-0.3, -0.25) is 9.59 Å². The van der Waals surface area contributed by atoms with Crippen molar-refractivity contribution in [2.24, 2.45) is 42.1 Å². The van der Waals surface area contributed by atoms with Crippen LogP contribution >= 0.6 is 0 Å². The summed E-state index contributed by atoms with van der Waals surface area (Å²) in [6.45, 7) is 24.6. The minimum Gasteiger partial charge on any atom is -0.457 e. The van der Waals surface area contributed by atoms with Gasteiger partial charge in [0.25, 0.3) is 0 Å². The molecule has 0 aromatic heterocycles.